The van der Waals surface area contributed by atoms with Gasteiger partial charge >= 0.3 is 18.3 Å². The van der Waals surface area contributed by atoms with E-state index in [-0.39, 0.29) is 11.1 Å². The van der Waals surface area contributed by atoms with E-state index in [1.165, 1.54) is 12.1 Å². The summed E-state index contributed by atoms with van der Waals surface area (Å²) >= 11 is 0. The van der Waals surface area contributed by atoms with Crippen molar-refractivity contribution in [2.24, 2.45) is 0 Å². The van der Waals surface area contributed by atoms with Crippen LogP contribution in [0.4, 0.5) is 26.3 Å². The minimum atomic E-state index is -4.78. The molecule has 0 bridgehead atoms. The molecular formula is C17H10F6O2. The highest BCUT2D eigenvalue weighted by Gasteiger charge is 2.35. The molecule has 0 aliphatic carbocycles. The lowest BCUT2D eigenvalue weighted by atomic mass is 9.95. The van der Waals surface area contributed by atoms with E-state index in [1.54, 1.807) is 0 Å². The van der Waals surface area contributed by atoms with Crippen LogP contribution in [0.25, 0.3) is 17.2 Å². The van der Waals surface area contributed by atoms with Crippen molar-refractivity contribution in [1.29, 1.82) is 0 Å². The maximum Gasteiger partial charge on any atom is 0.417 e. The number of alkyl halides is 6. The summed E-state index contributed by atoms with van der Waals surface area (Å²) in [7, 11) is 0. The van der Waals surface area contributed by atoms with E-state index in [0.717, 1.165) is 24.3 Å². The molecule has 0 spiro atoms. The molecule has 0 saturated heterocycles. The molecule has 1 N–H and O–H groups in total. The van der Waals surface area contributed by atoms with Gasteiger partial charge in [0.1, 0.15) is 0 Å². The molecule has 25 heavy (non-hydrogen) atoms. The van der Waals surface area contributed by atoms with Crippen LogP contribution >= 0.6 is 0 Å². The van der Waals surface area contributed by atoms with Crippen molar-refractivity contribution < 1.29 is 36.2 Å². The summed E-state index contributed by atoms with van der Waals surface area (Å²) < 4.78 is 78.3. The van der Waals surface area contributed by atoms with Crippen molar-refractivity contribution in [2.45, 2.75) is 12.4 Å². The van der Waals surface area contributed by atoms with E-state index in [4.69, 9.17) is 5.11 Å². The Morgan fingerprint density at radius 1 is 0.880 bits per heavy atom. The Kier molecular flexibility index (Phi) is 4.92. The van der Waals surface area contributed by atoms with Crippen LogP contribution in [0.5, 0.6) is 0 Å². The zero-order valence-corrected chi connectivity index (χ0v) is 12.3. The molecular weight excluding hydrogens is 350 g/mol. The third-order valence-corrected chi connectivity index (χ3v) is 3.31. The summed E-state index contributed by atoms with van der Waals surface area (Å²) in [5, 5.41) is 8.59. The number of benzene rings is 2. The Morgan fingerprint density at radius 2 is 1.48 bits per heavy atom. The van der Waals surface area contributed by atoms with E-state index in [9.17, 15) is 31.1 Å². The number of halogens is 6. The van der Waals surface area contributed by atoms with Crippen LogP contribution in [-0.4, -0.2) is 11.1 Å². The first-order chi connectivity index (χ1) is 11.5. The fourth-order valence-corrected chi connectivity index (χ4v) is 2.27. The standard InChI is InChI=1S/C17H10F6O2/c18-16(19,20)13-7-5-10(9-11(13)6-8-15(24)25)12-3-1-2-4-14(12)17(21,22)23/h1-9H,(H,24,25)/b8-6+. The van der Waals surface area contributed by atoms with E-state index in [0.29, 0.717) is 18.2 Å². The van der Waals surface area contributed by atoms with Crippen LogP contribution in [0, 0.1) is 0 Å². The van der Waals surface area contributed by atoms with Gasteiger partial charge in [0.05, 0.1) is 11.1 Å². The predicted molar refractivity (Wildman–Crippen MR) is 78.6 cm³/mol. The van der Waals surface area contributed by atoms with Gasteiger partial charge in [0, 0.05) is 6.08 Å². The van der Waals surface area contributed by atoms with E-state index >= 15 is 0 Å². The second-order valence-corrected chi connectivity index (χ2v) is 5.01. The number of hydrogen-bond acceptors (Lipinski definition) is 1. The summed E-state index contributed by atoms with van der Waals surface area (Å²) in [6.07, 6.45) is -8.27. The topological polar surface area (TPSA) is 37.3 Å². The van der Waals surface area contributed by atoms with Gasteiger partial charge in [-0.15, -0.1) is 0 Å². The van der Waals surface area contributed by atoms with Crippen LogP contribution in [-0.2, 0) is 17.1 Å². The summed E-state index contributed by atoms with van der Waals surface area (Å²) in [6.45, 7) is 0. The minimum Gasteiger partial charge on any atom is -0.478 e. The van der Waals surface area contributed by atoms with Gasteiger partial charge in [-0.25, -0.2) is 4.79 Å². The molecule has 0 heterocycles. The lowest BCUT2D eigenvalue weighted by Gasteiger charge is -2.15. The number of aliphatic carboxylic acids is 1. The molecule has 0 radical (unpaired) electrons. The molecule has 2 aromatic carbocycles. The first-order valence-corrected chi connectivity index (χ1v) is 6.79. The summed E-state index contributed by atoms with van der Waals surface area (Å²) in [4.78, 5) is 10.6. The summed E-state index contributed by atoms with van der Waals surface area (Å²) in [5.74, 6) is -1.48. The lowest BCUT2D eigenvalue weighted by Crippen LogP contribution is -2.09. The highest BCUT2D eigenvalue weighted by molar-refractivity contribution is 5.86. The quantitative estimate of drug-likeness (QED) is 0.581. The Labute approximate surface area is 138 Å². The first kappa shape index (κ1) is 18.6. The largest absolute Gasteiger partial charge is 0.478 e. The molecule has 2 rings (SSSR count). The number of rotatable bonds is 3. The van der Waals surface area contributed by atoms with Gasteiger partial charge in [-0.05, 0) is 41.0 Å². The van der Waals surface area contributed by atoms with Crippen LogP contribution in [0.2, 0.25) is 0 Å². The van der Waals surface area contributed by atoms with E-state index in [2.05, 4.69) is 0 Å². The van der Waals surface area contributed by atoms with Gasteiger partial charge in [-0.1, -0.05) is 24.3 Å². The van der Waals surface area contributed by atoms with Crippen molar-refractivity contribution in [2.75, 3.05) is 0 Å². The third kappa shape index (κ3) is 4.40. The molecule has 8 heteroatoms. The molecule has 0 aromatic heterocycles. The van der Waals surface area contributed by atoms with Gasteiger partial charge in [0.15, 0.2) is 0 Å². The number of carboxylic acids is 1. The third-order valence-electron chi connectivity index (χ3n) is 3.31. The molecule has 0 amide bonds. The van der Waals surface area contributed by atoms with Gasteiger partial charge in [-0.3, -0.25) is 0 Å². The average molecular weight is 360 g/mol. The van der Waals surface area contributed by atoms with Gasteiger partial charge in [0.2, 0.25) is 0 Å². The second kappa shape index (κ2) is 6.62. The Balaban J connectivity index is 2.66. The Morgan fingerprint density at radius 3 is 2.04 bits per heavy atom. The Bertz CT molecular complexity index is 819. The predicted octanol–water partition coefficient (Wildman–Crippen LogP) is 5.49. The zero-order chi connectivity index (χ0) is 18.8. The second-order valence-electron chi connectivity index (χ2n) is 5.01. The van der Waals surface area contributed by atoms with Gasteiger partial charge in [-0.2, -0.15) is 26.3 Å². The summed E-state index contributed by atoms with van der Waals surface area (Å²) in [5.41, 5.74) is -3.08. The molecule has 132 valence electrons. The summed E-state index contributed by atoms with van der Waals surface area (Å²) in [6, 6.07) is 6.88. The average Bonchev–Trinajstić information content (AvgIpc) is 2.51. The fourth-order valence-electron chi connectivity index (χ4n) is 2.27. The smallest absolute Gasteiger partial charge is 0.417 e. The first-order valence-electron chi connectivity index (χ1n) is 6.79. The van der Waals surface area contributed by atoms with Gasteiger partial charge in [0.25, 0.3) is 0 Å². The molecule has 0 aliphatic rings. The van der Waals surface area contributed by atoms with Crippen molar-refractivity contribution in [3.05, 3.63) is 65.2 Å². The van der Waals surface area contributed by atoms with Crippen molar-refractivity contribution in [1.82, 2.24) is 0 Å². The maximum atomic E-state index is 13.1. The maximum absolute atomic E-state index is 13.1. The van der Waals surface area contributed by atoms with Crippen LogP contribution in [0.3, 0.4) is 0 Å². The van der Waals surface area contributed by atoms with E-state index in [1.807, 2.05) is 0 Å². The molecule has 0 aliphatic heterocycles. The minimum absolute atomic E-state index is 0.106. The van der Waals surface area contributed by atoms with E-state index < -0.39 is 35.0 Å². The highest BCUT2D eigenvalue weighted by Crippen LogP contribution is 2.39. The Hall–Kier alpha value is -2.77. The molecule has 2 nitrogen and oxygen atoms in total. The number of carboxylic acid groups (broad SMARTS) is 1. The monoisotopic (exact) mass is 360 g/mol. The van der Waals surface area contributed by atoms with Crippen LogP contribution in [0.15, 0.2) is 48.5 Å². The van der Waals surface area contributed by atoms with Gasteiger partial charge < -0.3 is 5.11 Å². The molecule has 0 saturated carbocycles. The molecule has 0 fully saturated rings. The zero-order valence-electron chi connectivity index (χ0n) is 12.3. The number of carbonyl (C=O) groups is 1. The SMILES string of the molecule is O=C(O)/C=C/c1cc(-c2ccccc2C(F)(F)F)ccc1C(F)(F)F. The van der Waals surface area contributed by atoms with Crippen LogP contribution in [0.1, 0.15) is 16.7 Å². The number of hydrogen-bond donors (Lipinski definition) is 1. The molecule has 0 atom stereocenters. The van der Waals surface area contributed by atoms with Crippen molar-refractivity contribution >= 4 is 12.0 Å². The molecule has 0 unspecified atom stereocenters. The van der Waals surface area contributed by atoms with Crippen LogP contribution < -0.4 is 0 Å². The lowest BCUT2D eigenvalue weighted by molar-refractivity contribution is -0.138. The van der Waals surface area contributed by atoms with Crippen molar-refractivity contribution in [3.63, 3.8) is 0 Å². The highest BCUT2D eigenvalue weighted by atomic mass is 19.4. The normalized spacial score (nSPS) is 12.6. The van der Waals surface area contributed by atoms with Crippen molar-refractivity contribution in [3.8, 4) is 11.1 Å². The molecule has 2 aromatic rings. The fraction of sp³-hybridized carbons (Fsp3) is 0.118.